The number of carboxylic acids is 1. The van der Waals surface area contributed by atoms with Gasteiger partial charge in [0, 0.05) is 25.4 Å². The number of carboxylic acid groups (broad SMARTS) is 1. The van der Waals surface area contributed by atoms with Crippen LogP contribution in [0.4, 0.5) is 10.5 Å². The highest BCUT2D eigenvalue weighted by atomic mass is 16.5. The van der Waals surface area contributed by atoms with E-state index < -0.39 is 5.97 Å². The molecule has 1 rings (SSSR count). The maximum atomic E-state index is 12.1. The number of rotatable bonds is 7. The molecule has 0 aromatic heterocycles. The molecule has 0 atom stereocenters. The van der Waals surface area contributed by atoms with Gasteiger partial charge in [0.1, 0.15) is 0 Å². The Bertz CT molecular complexity index is 502. The van der Waals surface area contributed by atoms with Crippen LogP contribution in [0.5, 0.6) is 0 Å². The van der Waals surface area contributed by atoms with Crippen LogP contribution in [0.15, 0.2) is 18.2 Å². The van der Waals surface area contributed by atoms with Crippen molar-refractivity contribution in [3.63, 3.8) is 0 Å². The Balaban J connectivity index is 2.68. The molecular weight excluding hydrogens is 272 g/mol. The summed E-state index contributed by atoms with van der Waals surface area (Å²) in [6.07, 6.45) is 0. The number of ether oxygens (including phenoxy) is 1. The Hall–Kier alpha value is -2.08. The van der Waals surface area contributed by atoms with Crippen LogP contribution >= 0.6 is 0 Å². The molecule has 2 N–H and O–H groups in total. The summed E-state index contributed by atoms with van der Waals surface area (Å²) in [4.78, 5) is 24.7. The number of aromatic carboxylic acids is 1. The quantitative estimate of drug-likeness (QED) is 0.758. The van der Waals surface area contributed by atoms with E-state index in [2.05, 4.69) is 5.32 Å². The molecule has 0 saturated heterocycles. The lowest BCUT2D eigenvalue weighted by Crippen LogP contribution is -2.37. The van der Waals surface area contributed by atoms with E-state index in [0.29, 0.717) is 37.6 Å². The second-order valence-corrected chi connectivity index (χ2v) is 4.54. The van der Waals surface area contributed by atoms with Gasteiger partial charge in [0.15, 0.2) is 0 Å². The zero-order chi connectivity index (χ0) is 15.8. The van der Waals surface area contributed by atoms with E-state index in [0.717, 1.165) is 0 Å². The summed E-state index contributed by atoms with van der Waals surface area (Å²) in [5, 5.41) is 11.7. The average Bonchev–Trinajstić information content (AvgIpc) is 2.43. The van der Waals surface area contributed by atoms with E-state index >= 15 is 0 Å². The van der Waals surface area contributed by atoms with Crippen molar-refractivity contribution in [2.45, 2.75) is 20.8 Å². The second kappa shape index (κ2) is 8.26. The van der Waals surface area contributed by atoms with Crippen molar-refractivity contribution in [2.75, 3.05) is 31.6 Å². The topological polar surface area (TPSA) is 78.9 Å². The van der Waals surface area contributed by atoms with Crippen molar-refractivity contribution >= 4 is 17.7 Å². The van der Waals surface area contributed by atoms with Crippen LogP contribution in [-0.2, 0) is 4.74 Å². The van der Waals surface area contributed by atoms with Crippen LogP contribution in [-0.4, -0.2) is 48.3 Å². The van der Waals surface area contributed by atoms with Crippen LogP contribution in [0, 0.1) is 6.92 Å². The largest absolute Gasteiger partial charge is 0.478 e. The Morgan fingerprint density at radius 2 is 2.05 bits per heavy atom. The number of aryl methyl sites for hydroxylation is 1. The van der Waals surface area contributed by atoms with Crippen LogP contribution in [0.3, 0.4) is 0 Å². The monoisotopic (exact) mass is 294 g/mol. The molecular formula is C15H22N2O4. The Kier molecular flexibility index (Phi) is 6.68. The van der Waals surface area contributed by atoms with Gasteiger partial charge in [0.05, 0.1) is 12.2 Å². The minimum Gasteiger partial charge on any atom is -0.478 e. The summed E-state index contributed by atoms with van der Waals surface area (Å²) in [5.41, 5.74) is 1.42. The summed E-state index contributed by atoms with van der Waals surface area (Å²) in [5.74, 6) is -0.975. The standard InChI is InChI=1S/C15H22N2O4/c1-4-17(8-9-21-5-2)15(20)16-12-6-7-13(14(18)19)11(3)10-12/h6-7,10H,4-5,8-9H2,1-3H3,(H,16,20)(H,18,19). The zero-order valence-corrected chi connectivity index (χ0v) is 12.7. The highest BCUT2D eigenvalue weighted by Gasteiger charge is 2.13. The second-order valence-electron chi connectivity index (χ2n) is 4.54. The molecule has 0 aliphatic heterocycles. The number of likely N-dealkylation sites (N-methyl/N-ethyl adjacent to an activating group) is 1. The number of nitrogens with one attached hydrogen (secondary N) is 1. The predicted octanol–water partition coefficient (Wildman–Crippen LogP) is 2.58. The van der Waals surface area contributed by atoms with Crippen LogP contribution in [0.1, 0.15) is 29.8 Å². The Morgan fingerprint density at radius 1 is 1.33 bits per heavy atom. The van der Waals surface area contributed by atoms with Gasteiger partial charge in [0.25, 0.3) is 0 Å². The summed E-state index contributed by atoms with van der Waals surface area (Å²) >= 11 is 0. The van der Waals surface area contributed by atoms with Crippen molar-refractivity contribution in [1.29, 1.82) is 0 Å². The van der Waals surface area contributed by atoms with E-state index in [4.69, 9.17) is 9.84 Å². The third-order valence-corrected chi connectivity index (χ3v) is 3.09. The normalized spacial score (nSPS) is 10.2. The Morgan fingerprint density at radius 3 is 2.57 bits per heavy atom. The lowest BCUT2D eigenvalue weighted by molar-refractivity contribution is 0.0696. The molecule has 0 spiro atoms. The highest BCUT2D eigenvalue weighted by molar-refractivity contribution is 5.92. The van der Waals surface area contributed by atoms with Crippen LogP contribution in [0.2, 0.25) is 0 Å². The molecule has 0 heterocycles. The lowest BCUT2D eigenvalue weighted by Gasteiger charge is -2.21. The lowest BCUT2D eigenvalue weighted by atomic mass is 10.1. The molecule has 21 heavy (non-hydrogen) atoms. The number of urea groups is 1. The molecule has 0 aliphatic rings. The number of nitrogens with zero attached hydrogens (tertiary/aromatic N) is 1. The fourth-order valence-corrected chi connectivity index (χ4v) is 1.91. The minimum absolute atomic E-state index is 0.223. The van der Waals surface area contributed by atoms with E-state index in [9.17, 15) is 9.59 Å². The van der Waals surface area contributed by atoms with Gasteiger partial charge >= 0.3 is 12.0 Å². The first-order valence-corrected chi connectivity index (χ1v) is 6.97. The molecule has 0 unspecified atom stereocenters. The number of carbonyl (C=O) groups excluding carboxylic acids is 1. The van der Waals surface area contributed by atoms with Crippen LogP contribution < -0.4 is 5.32 Å². The van der Waals surface area contributed by atoms with Crippen molar-refractivity contribution in [3.8, 4) is 0 Å². The van der Waals surface area contributed by atoms with Gasteiger partial charge < -0.3 is 20.1 Å². The molecule has 0 aliphatic carbocycles. The SMILES string of the molecule is CCOCCN(CC)C(=O)Nc1ccc(C(=O)O)c(C)c1. The highest BCUT2D eigenvalue weighted by Crippen LogP contribution is 2.15. The van der Waals surface area contributed by atoms with Gasteiger partial charge in [-0.1, -0.05) is 0 Å². The molecule has 0 bridgehead atoms. The number of hydrogen-bond donors (Lipinski definition) is 2. The van der Waals surface area contributed by atoms with Gasteiger partial charge in [-0.15, -0.1) is 0 Å². The smallest absolute Gasteiger partial charge is 0.335 e. The third kappa shape index (κ3) is 5.07. The molecule has 6 nitrogen and oxygen atoms in total. The molecule has 116 valence electrons. The average molecular weight is 294 g/mol. The molecule has 1 aromatic carbocycles. The molecule has 0 saturated carbocycles. The Labute approximate surface area is 124 Å². The predicted molar refractivity (Wildman–Crippen MR) is 80.9 cm³/mol. The van der Waals surface area contributed by atoms with Gasteiger partial charge in [-0.25, -0.2) is 9.59 Å². The first-order chi connectivity index (χ1) is 9.99. The maximum absolute atomic E-state index is 12.1. The molecule has 6 heteroatoms. The summed E-state index contributed by atoms with van der Waals surface area (Å²) in [7, 11) is 0. The number of benzene rings is 1. The summed E-state index contributed by atoms with van der Waals surface area (Å²) in [6, 6.07) is 4.51. The van der Waals surface area contributed by atoms with Crippen molar-refractivity contribution in [2.24, 2.45) is 0 Å². The van der Waals surface area contributed by atoms with E-state index in [1.54, 1.807) is 24.0 Å². The van der Waals surface area contributed by atoms with E-state index in [1.807, 2.05) is 13.8 Å². The number of anilines is 1. The van der Waals surface area contributed by atoms with Crippen molar-refractivity contribution in [1.82, 2.24) is 4.90 Å². The molecule has 0 radical (unpaired) electrons. The van der Waals surface area contributed by atoms with Gasteiger partial charge in [-0.05, 0) is 44.5 Å². The van der Waals surface area contributed by atoms with Gasteiger partial charge in [0.2, 0.25) is 0 Å². The van der Waals surface area contributed by atoms with Gasteiger partial charge in [-0.3, -0.25) is 0 Å². The molecule has 2 amide bonds. The first-order valence-electron chi connectivity index (χ1n) is 6.97. The van der Waals surface area contributed by atoms with Crippen molar-refractivity contribution in [3.05, 3.63) is 29.3 Å². The number of amides is 2. The summed E-state index contributed by atoms with van der Waals surface area (Å²) in [6.45, 7) is 7.70. The molecule has 0 fully saturated rings. The number of hydrogen-bond acceptors (Lipinski definition) is 3. The molecule has 1 aromatic rings. The van der Waals surface area contributed by atoms with Gasteiger partial charge in [-0.2, -0.15) is 0 Å². The van der Waals surface area contributed by atoms with E-state index in [-0.39, 0.29) is 11.6 Å². The van der Waals surface area contributed by atoms with Crippen LogP contribution in [0.25, 0.3) is 0 Å². The zero-order valence-electron chi connectivity index (χ0n) is 12.7. The fraction of sp³-hybridized carbons (Fsp3) is 0.467. The first kappa shape index (κ1) is 17.0. The summed E-state index contributed by atoms with van der Waals surface area (Å²) < 4.78 is 5.24. The maximum Gasteiger partial charge on any atom is 0.335 e. The minimum atomic E-state index is -0.975. The van der Waals surface area contributed by atoms with Crippen molar-refractivity contribution < 1.29 is 19.4 Å². The third-order valence-electron chi connectivity index (χ3n) is 3.09. The number of carbonyl (C=O) groups is 2. The fourth-order valence-electron chi connectivity index (χ4n) is 1.91. The van der Waals surface area contributed by atoms with E-state index in [1.165, 1.54) is 6.07 Å².